The number of nitrogens with two attached hydrogens (primary N) is 1. The molecule has 1 aliphatic carbocycles. The summed E-state index contributed by atoms with van der Waals surface area (Å²) in [5.74, 6) is 0.281. The minimum absolute atomic E-state index is 0. The molecule has 1 fully saturated rings. The van der Waals surface area contributed by atoms with E-state index in [0.717, 1.165) is 12.8 Å². The molecule has 6 heteroatoms. The average molecular weight is 317 g/mol. The van der Waals surface area contributed by atoms with E-state index in [4.69, 9.17) is 40.5 Å². The molecule has 2 atom stereocenters. The first-order chi connectivity index (χ1) is 7.50. The molecular weight excluding hydrogens is 304 g/mol. The Balaban J connectivity index is 0.00000144. The third-order valence-electron chi connectivity index (χ3n) is 2.85. The first-order valence-electron chi connectivity index (χ1n) is 5.09. The molecule has 2 nitrogen and oxygen atoms in total. The predicted molar refractivity (Wildman–Crippen MR) is 74.4 cm³/mol. The lowest BCUT2D eigenvalue weighted by Crippen LogP contribution is -2.28. The molecule has 0 heterocycles. The normalized spacial score (nSPS) is 18.4. The van der Waals surface area contributed by atoms with Gasteiger partial charge in [-0.2, -0.15) is 0 Å². The van der Waals surface area contributed by atoms with E-state index in [1.807, 2.05) is 0 Å². The largest absolute Gasteiger partial charge is 0.391 e. The maximum Gasteiger partial charge on any atom is 0.0761 e. The van der Waals surface area contributed by atoms with E-state index < -0.39 is 12.1 Å². The van der Waals surface area contributed by atoms with E-state index in [1.54, 1.807) is 12.1 Å². The molecule has 0 amide bonds. The first kappa shape index (κ1) is 15.4. The van der Waals surface area contributed by atoms with Crippen LogP contribution in [0.4, 0.5) is 0 Å². The van der Waals surface area contributed by atoms with Crippen molar-refractivity contribution in [2.75, 3.05) is 0 Å². The molecule has 0 aromatic heterocycles. The van der Waals surface area contributed by atoms with E-state index in [0.29, 0.717) is 20.6 Å². The SMILES string of the molecule is Cl.N[C@H](c1cc(Cl)cc(Cl)c1Cl)[C@@H](O)C1CC1. The molecule has 17 heavy (non-hydrogen) atoms. The lowest BCUT2D eigenvalue weighted by atomic mass is 9.99. The van der Waals surface area contributed by atoms with Crippen molar-refractivity contribution in [3.8, 4) is 0 Å². The minimum atomic E-state index is -0.577. The fourth-order valence-electron chi connectivity index (χ4n) is 1.73. The zero-order valence-electron chi connectivity index (χ0n) is 8.87. The van der Waals surface area contributed by atoms with Gasteiger partial charge in [0, 0.05) is 5.02 Å². The van der Waals surface area contributed by atoms with Gasteiger partial charge in [-0.15, -0.1) is 12.4 Å². The van der Waals surface area contributed by atoms with Crippen LogP contribution in [0.5, 0.6) is 0 Å². The average Bonchev–Trinajstić information content (AvgIpc) is 3.05. The topological polar surface area (TPSA) is 46.2 Å². The molecule has 0 bridgehead atoms. The third kappa shape index (κ3) is 3.40. The van der Waals surface area contributed by atoms with Gasteiger partial charge >= 0.3 is 0 Å². The molecule has 96 valence electrons. The summed E-state index contributed by atoms with van der Waals surface area (Å²) >= 11 is 17.8. The van der Waals surface area contributed by atoms with Gasteiger partial charge in [-0.05, 0) is 36.5 Å². The van der Waals surface area contributed by atoms with E-state index in [-0.39, 0.29) is 18.3 Å². The lowest BCUT2D eigenvalue weighted by Gasteiger charge is -2.20. The summed E-state index contributed by atoms with van der Waals surface area (Å²) in [6, 6.07) is 2.69. The van der Waals surface area contributed by atoms with Gasteiger partial charge in [-0.3, -0.25) is 0 Å². The molecule has 0 unspecified atom stereocenters. The Morgan fingerprint density at radius 3 is 2.35 bits per heavy atom. The van der Waals surface area contributed by atoms with Crippen LogP contribution in [0, 0.1) is 5.92 Å². The van der Waals surface area contributed by atoms with Crippen LogP contribution in [0.3, 0.4) is 0 Å². The van der Waals surface area contributed by atoms with Crippen molar-refractivity contribution in [2.24, 2.45) is 11.7 Å². The summed E-state index contributed by atoms with van der Waals surface area (Å²) in [4.78, 5) is 0. The maximum absolute atomic E-state index is 9.95. The van der Waals surface area contributed by atoms with Crippen LogP contribution in [0.1, 0.15) is 24.4 Å². The number of aliphatic hydroxyl groups excluding tert-OH is 1. The van der Waals surface area contributed by atoms with Crippen molar-refractivity contribution in [1.29, 1.82) is 0 Å². The van der Waals surface area contributed by atoms with Gasteiger partial charge in [0.2, 0.25) is 0 Å². The third-order valence-corrected chi connectivity index (χ3v) is 3.89. The highest BCUT2D eigenvalue weighted by Crippen LogP contribution is 2.40. The van der Waals surface area contributed by atoms with Crippen LogP contribution < -0.4 is 5.73 Å². The molecular formula is C11H13Cl4NO. The minimum Gasteiger partial charge on any atom is -0.391 e. The van der Waals surface area contributed by atoms with Crippen LogP contribution in [0.2, 0.25) is 15.1 Å². The number of hydrogen-bond acceptors (Lipinski definition) is 2. The van der Waals surface area contributed by atoms with Gasteiger partial charge in [0.15, 0.2) is 0 Å². The smallest absolute Gasteiger partial charge is 0.0761 e. The molecule has 1 saturated carbocycles. The quantitative estimate of drug-likeness (QED) is 0.832. The Morgan fingerprint density at radius 1 is 1.24 bits per heavy atom. The second kappa shape index (κ2) is 5.96. The summed E-state index contributed by atoms with van der Waals surface area (Å²) in [6.07, 6.45) is 1.45. The van der Waals surface area contributed by atoms with Crippen molar-refractivity contribution in [2.45, 2.75) is 25.0 Å². The molecule has 2 rings (SSSR count). The van der Waals surface area contributed by atoms with Gasteiger partial charge in [-0.25, -0.2) is 0 Å². The van der Waals surface area contributed by atoms with E-state index in [9.17, 15) is 5.11 Å². The lowest BCUT2D eigenvalue weighted by molar-refractivity contribution is 0.122. The van der Waals surface area contributed by atoms with Crippen LogP contribution in [0.25, 0.3) is 0 Å². The van der Waals surface area contributed by atoms with Gasteiger partial charge in [0.25, 0.3) is 0 Å². The van der Waals surface area contributed by atoms with Crippen LogP contribution in [-0.4, -0.2) is 11.2 Å². The van der Waals surface area contributed by atoms with E-state index in [2.05, 4.69) is 0 Å². The second-order valence-electron chi connectivity index (χ2n) is 4.14. The van der Waals surface area contributed by atoms with Gasteiger partial charge < -0.3 is 10.8 Å². The molecule has 0 saturated heterocycles. The Kier molecular flexibility index (Phi) is 5.39. The number of benzene rings is 1. The highest BCUT2D eigenvalue weighted by molar-refractivity contribution is 6.43. The Hall–Kier alpha value is 0.300. The summed E-state index contributed by atoms with van der Waals surface area (Å²) in [6.45, 7) is 0. The monoisotopic (exact) mass is 315 g/mol. The summed E-state index contributed by atoms with van der Waals surface area (Å²) in [5, 5.41) is 11.2. The number of aliphatic hydroxyl groups is 1. The highest BCUT2D eigenvalue weighted by Gasteiger charge is 2.35. The molecule has 0 radical (unpaired) electrons. The molecule has 1 aromatic carbocycles. The number of rotatable bonds is 3. The molecule has 3 N–H and O–H groups in total. The molecule has 0 spiro atoms. The van der Waals surface area contributed by atoms with Gasteiger partial charge in [0.05, 0.1) is 22.2 Å². The van der Waals surface area contributed by atoms with E-state index >= 15 is 0 Å². The first-order valence-corrected chi connectivity index (χ1v) is 6.22. The Morgan fingerprint density at radius 2 is 1.82 bits per heavy atom. The number of hydrogen-bond donors (Lipinski definition) is 2. The van der Waals surface area contributed by atoms with E-state index in [1.165, 1.54) is 0 Å². The zero-order chi connectivity index (χ0) is 11.9. The molecule has 1 aliphatic rings. The fourth-order valence-corrected chi connectivity index (χ4v) is 2.48. The summed E-state index contributed by atoms with van der Waals surface area (Å²) < 4.78 is 0. The van der Waals surface area contributed by atoms with Crippen molar-refractivity contribution in [3.05, 3.63) is 32.8 Å². The highest BCUT2D eigenvalue weighted by atomic mass is 35.5. The summed E-state index contributed by atoms with van der Waals surface area (Å²) in [7, 11) is 0. The van der Waals surface area contributed by atoms with Crippen LogP contribution in [0.15, 0.2) is 12.1 Å². The van der Waals surface area contributed by atoms with Gasteiger partial charge in [-0.1, -0.05) is 34.8 Å². The van der Waals surface area contributed by atoms with Crippen molar-refractivity contribution < 1.29 is 5.11 Å². The van der Waals surface area contributed by atoms with Crippen LogP contribution >= 0.6 is 47.2 Å². The Labute approximate surface area is 121 Å². The zero-order valence-corrected chi connectivity index (χ0v) is 12.0. The van der Waals surface area contributed by atoms with Crippen molar-refractivity contribution >= 4 is 47.2 Å². The summed E-state index contributed by atoms with van der Waals surface area (Å²) in [5.41, 5.74) is 6.58. The fraction of sp³-hybridized carbons (Fsp3) is 0.455. The van der Waals surface area contributed by atoms with Gasteiger partial charge in [0.1, 0.15) is 0 Å². The second-order valence-corrected chi connectivity index (χ2v) is 5.37. The maximum atomic E-state index is 9.95. The molecule has 0 aliphatic heterocycles. The van der Waals surface area contributed by atoms with Crippen molar-refractivity contribution in [3.63, 3.8) is 0 Å². The Bertz CT molecular complexity index is 409. The van der Waals surface area contributed by atoms with Crippen molar-refractivity contribution in [1.82, 2.24) is 0 Å². The van der Waals surface area contributed by atoms with Crippen LogP contribution in [-0.2, 0) is 0 Å². The standard InChI is InChI=1S/C11H12Cl3NO.ClH/c12-6-3-7(9(14)8(13)4-6)10(15)11(16)5-1-2-5;/h3-5,10-11,16H,1-2,15H2;1H/t10-,11+;/m1./s1. The number of halogens is 4. The molecule has 1 aromatic rings. The predicted octanol–water partition coefficient (Wildman–Crippen LogP) is 3.84.